The number of para-hydroxylation sites is 1. The van der Waals surface area contributed by atoms with Crippen LogP contribution in [0.2, 0.25) is 0 Å². The van der Waals surface area contributed by atoms with Gasteiger partial charge in [-0.25, -0.2) is 4.79 Å². The van der Waals surface area contributed by atoms with Crippen LogP contribution >= 0.6 is 0 Å². The number of hydrogen-bond acceptors (Lipinski definition) is 4. The lowest BCUT2D eigenvalue weighted by molar-refractivity contribution is 0.0966. The van der Waals surface area contributed by atoms with Gasteiger partial charge in [0.05, 0.1) is 0 Å². The lowest BCUT2D eigenvalue weighted by atomic mass is 9.91. The van der Waals surface area contributed by atoms with E-state index in [9.17, 15) is 9.59 Å². The fraction of sp³-hybridized carbons (Fsp3) is 0.240. The van der Waals surface area contributed by atoms with Crippen LogP contribution in [-0.2, 0) is 13.1 Å². The van der Waals surface area contributed by atoms with Crippen molar-refractivity contribution in [3.8, 4) is 0 Å². The fourth-order valence-corrected chi connectivity index (χ4v) is 3.93. The molecule has 1 aliphatic rings. The van der Waals surface area contributed by atoms with Crippen molar-refractivity contribution in [3.63, 3.8) is 0 Å². The number of carbonyl (C=O) groups excluding carboxylic acids is 2. The van der Waals surface area contributed by atoms with Crippen molar-refractivity contribution < 1.29 is 9.59 Å². The Kier molecular flexibility index (Phi) is 5.98. The van der Waals surface area contributed by atoms with Crippen molar-refractivity contribution in [1.82, 2.24) is 14.8 Å². The van der Waals surface area contributed by atoms with E-state index in [-0.39, 0.29) is 17.7 Å². The number of pyridine rings is 1. The smallest absolute Gasteiger partial charge is 0.320 e. The molecule has 1 saturated heterocycles. The summed E-state index contributed by atoms with van der Waals surface area (Å²) in [5, 5.41) is 0. The Morgan fingerprint density at radius 1 is 0.968 bits per heavy atom. The summed E-state index contributed by atoms with van der Waals surface area (Å²) in [7, 11) is 0. The van der Waals surface area contributed by atoms with Gasteiger partial charge >= 0.3 is 6.03 Å². The minimum Gasteiger partial charge on any atom is -0.398 e. The van der Waals surface area contributed by atoms with Gasteiger partial charge in [0.15, 0.2) is 5.78 Å². The predicted octanol–water partition coefficient (Wildman–Crippen LogP) is 4.09. The van der Waals surface area contributed by atoms with Gasteiger partial charge in [0, 0.05) is 55.7 Å². The summed E-state index contributed by atoms with van der Waals surface area (Å²) in [6.45, 7) is 4.35. The molecule has 0 aliphatic carbocycles. The highest BCUT2D eigenvalue weighted by molar-refractivity contribution is 6.01. The van der Waals surface area contributed by atoms with Crippen LogP contribution in [0.1, 0.15) is 39.9 Å². The first-order valence-corrected chi connectivity index (χ1v) is 10.4. The van der Waals surface area contributed by atoms with Crippen LogP contribution in [0.25, 0.3) is 0 Å². The third-order valence-corrected chi connectivity index (χ3v) is 5.74. The van der Waals surface area contributed by atoms with Crippen molar-refractivity contribution in [2.24, 2.45) is 0 Å². The molecule has 31 heavy (non-hydrogen) atoms. The van der Waals surface area contributed by atoms with Crippen LogP contribution in [0.15, 0.2) is 73.1 Å². The molecular formula is C25H26N4O2. The Morgan fingerprint density at radius 3 is 2.29 bits per heavy atom. The van der Waals surface area contributed by atoms with Crippen molar-refractivity contribution in [3.05, 3.63) is 95.3 Å². The summed E-state index contributed by atoms with van der Waals surface area (Å²) in [6.07, 6.45) is 3.52. The number of urea groups is 1. The highest BCUT2D eigenvalue weighted by Gasteiger charge is 2.28. The summed E-state index contributed by atoms with van der Waals surface area (Å²) < 4.78 is 0. The van der Waals surface area contributed by atoms with Crippen molar-refractivity contribution in [2.75, 3.05) is 18.8 Å². The van der Waals surface area contributed by atoms with Crippen LogP contribution < -0.4 is 5.73 Å². The molecule has 1 aromatic heterocycles. The van der Waals surface area contributed by atoms with Gasteiger partial charge in [0.1, 0.15) is 0 Å². The van der Waals surface area contributed by atoms with E-state index in [1.165, 1.54) is 0 Å². The van der Waals surface area contributed by atoms with Gasteiger partial charge in [0.2, 0.25) is 0 Å². The number of carbonyl (C=O) groups is 2. The highest BCUT2D eigenvalue weighted by atomic mass is 16.2. The second-order valence-corrected chi connectivity index (χ2v) is 7.90. The monoisotopic (exact) mass is 414 g/mol. The number of rotatable bonds is 7. The maximum Gasteiger partial charge on any atom is 0.320 e. The van der Waals surface area contributed by atoms with Gasteiger partial charge in [-0.3, -0.25) is 9.78 Å². The molecule has 0 spiro atoms. The molecule has 0 bridgehead atoms. The summed E-state index contributed by atoms with van der Waals surface area (Å²) >= 11 is 0. The largest absolute Gasteiger partial charge is 0.398 e. The molecule has 1 atom stereocenters. The second kappa shape index (κ2) is 9.00. The van der Waals surface area contributed by atoms with Crippen LogP contribution in [-0.4, -0.2) is 39.7 Å². The van der Waals surface area contributed by atoms with Crippen LogP contribution in [0.3, 0.4) is 0 Å². The molecule has 0 saturated carbocycles. The lowest BCUT2D eigenvalue weighted by Gasteiger charge is -2.19. The summed E-state index contributed by atoms with van der Waals surface area (Å²) in [4.78, 5) is 33.4. The summed E-state index contributed by atoms with van der Waals surface area (Å²) in [5.41, 5.74) is 10.2. The van der Waals surface area contributed by atoms with Crippen LogP contribution in [0.4, 0.5) is 10.5 Å². The molecule has 6 heteroatoms. The molecule has 2 heterocycles. The average Bonchev–Trinajstić information content (AvgIpc) is 3.13. The summed E-state index contributed by atoms with van der Waals surface area (Å²) in [6, 6.07) is 18.9. The second-order valence-electron chi connectivity index (χ2n) is 7.90. The van der Waals surface area contributed by atoms with E-state index in [1.807, 2.05) is 77.4 Å². The zero-order valence-electron chi connectivity index (χ0n) is 17.6. The molecule has 3 aromatic rings. The quantitative estimate of drug-likeness (QED) is 0.467. The van der Waals surface area contributed by atoms with E-state index < -0.39 is 0 Å². The number of ketones is 1. The Balaban J connectivity index is 1.38. The normalized spacial score (nSPS) is 14.7. The summed E-state index contributed by atoms with van der Waals surface area (Å²) in [5.74, 6) is -0.280. The zero-order valence-corrected chi connectivity index (χ0v) is 17.6. The molecule has 158 valence electrons. The van der Waals surface area contributed by atoms with E-state index in [0.717, 1.165) is 16.7 Å². The predicted molar refractivity (Wildman–Crippen MR) is 120 cm³/mol. The number of nitrogen functional groups attached to an aromatic ring is 1. The number of aromatic nitrogens is 1. The molecule has 2 amide bonds. The average molecular weight is 415 g/mol. The van der Waals surface area contributed by atoms with Gasteiger partial charge < -0.3 is 15.5 Å². The van der Waals surface area contributed by atoms with Gasteiger partial charge in [-0.05, 0) is 28.8 Å². The first-order chi connectivity index (χ1) is 15.0. The third-order valence-electron chi connectivity index (χ3n) is 5.74. The number of nitrogens with zero attached hydrogens (tertiary/aromatic N) is 3. The molecule has 2 aromatic carbocycles. The molecule has 4 rings (SSSR count). The molecule has 2 N–H and O–H groups in total. The topological polar surface area (TPSA) is 79.5 Å². The van der Waals surface area contributed by atoms with E-state index in [4.69, 9.17) is 5.73 Å². The maximum absolute atomic E-state index is 12.9. The molecule has 1 aliphatic heterocycles. The Labute approximate surface area is 182 Å². The Bertz CT molecular complexity index is 1070. The van der Waals surface area contributed by atoms with E-state index in [1.54, 1.807) is 12.4 Å². The first-order valence-electron chi connectivity index (χ1n) is 10.4. The first kappa shape index (κ1) is 20.6. The minimum absolute atomic E-state index is 0.0252. The number of anilines is 1. The van der Waals surface area contributed by atoms with Crippen molar-refractivity contribution in [1.29, 1.82) is 0 Å². The molecule has 6 nitrogen and oxygen atoms in total. The van der Waals surface area contributed by atoms with E-state index >= 15 is 0 Å². The fourth-order valence-electron chi connectivity index (χ4n) is 3.93. The maximum atomic E-state index is 12.9. The van der Waals surface area contributed by atoms with Crippen molar-refractivity contribution >= 4 is 17.5 Å². The van der Waals surface area contributed by atoms with Crippen LogP contribution in [0.5, 0.6) is 0 Å². The minimum atomic E-state index is -0.312. The number of nitrogens with two attached hydrogens (primary N) is 1. The highest BCUT2D eigenvalue weighted by Crippen LogP contribution is 2.26. The van der Waals surface area contributed by atoms with E-state index in [2.05, 4.69) is 4.98 Å². The number of benzene rings is 2. The van der Waals surface area contributed by atoms with Crippen LogP contribution in [0, 0.1) is 0 Å². The zero-order chi connectivity index (χ0) is 21.8. The standard InChI is InChI=1S/C25H26N4O2/c1-18(22-6-2-3-7-23(22)26)24(30)21-10-8-19(9-11-21)16-28-13-14-29(25(28)31)17-20-5-4-12-27-15-20/h2-12,15,18H,13-14,16-17,26H2,1H3. The third kappa shape index (κ3) is 4.58. The Hall–Kier alpha value is -3.67. The lowest BCUT2D eigenvalue weighted by Crippen LogP contribution is -2.31. The molecule has 1 fully saturated rings. The molecule has 0 radical (unpaired) electrons. The number of amides is 2. The van der Waals surface area contributed by atoms with Gasteiger partial charge in [0.25, 0.3) is 0 Å². The van der Waals surface area contributed by atoms with Gasteiger partial charge in [-0.2, -0.15) is 0 Å². The van der Waals surface area contributed by atoms with Gasteiger partial charge in [-0.1, -0.05) is 55.5 Å². The van der Waals surface area contributed by atoms with Crippen molar-refractivity contribution in [2.45, 2.75) is 25.9 Å². The SMILES string of the molecule is CC(C(=O)c1ccc(CN2CCN(Cc3cccnc3)C2=O)cc1)c1ccccc1N. The molecular weight excluding hydrogens is 388 g/mol. The Morgan fingerprint density at radius 2 is 1.65 bits per heavy atom. The number of Topliss-reactive ketones (excluding diaryl/α,β-unsaturated/α-hetero) is 1. The number of hydrogen-bond donors (Lipinski definition) is 1. The van der Waals surface area contributed by atoms with Gasteiger partial charge in [-0.15, -0.1) is 0 Å². The molecule has 1 unspecified atom stereocenters. The van der Waals surface area contributed by atoms with E-state index in [0.29, 0.717) is 37.4 Å².